The Bertz CT molecular complexity index is 434. The number of nitrogens with one attached hydrogen (secondary N) is 1. The Morgan fingerprint density at radius 2 is 2.05 bits per heavy atom. The van der Waals surface area contributed by atoms with Gasteiger partial charge in [0.2, 0.25) is 0 Å². The van der Waals surface area contributed by atoms with Crippen molar-refractivity contribution in [2.75, 3.05) is 19.6 Å². The molecule has 0 bridgehead atoms. The van der Waals surface area contributed by atoms with Crippen LogP contribution in [-0.4, -0.2) is 41.1 Å². The molecule has 1 aromatic rings. The highest BCUT2D eigenvalue weighted by molar-refractivity contribution is 5.95. The summed E-state index contributed by atoms with van der Waals surface area (Å²) in [6.07, 6.45) is 6.27. The van der Waals surface area contributed by atoms with Gasteiger partial charge in [-0.05, 0) is 25.1 Å². The molecule has 0 saturated carbocycles. The summed E-state index contributed by atoms with van der Waals surface area (Å²) in [6, 6.07) is 3.36. The van der Waals surface area contributed by atoms with E-state index in [1.165, 1.54) is 6.42 Å². The van der Waals surface area contributed by atoms with Crippen LogP contribution in [0.1, 0.15) is 36.5 Å². The van der Waals surface area contributed by atoms with E-state index in [-0.39, 0.29) is 5.91 Å². The van der Waals surface area contributed by atoms with E-state index in [9.17, 15) is 4.79 Å². The molecule has 0 spiro atoms. The smallest absolute Gasteiger partial charge is 0.271 e. The predicted molar refractivity (Wildman–Crippen MR) is 75.1 cm³/mol. The Morgan fingerprint density at radius 3 is 2.68 bits per heavy atom. The van der Waals surface area contributed by atoms with Crippen LogP contribution in [0, 0.1) is 0 Å². The van der Waals surface area contributed by atoms with Gasteiger partial charge < -0.3 is 4.90 Å². The first kappa shape index (κ1) is 13.7. The minimum absolute atomic E-state index is 0.175. The zero-order chi connectivity index (χ0) is 13.5. The van der Waals surface area contributed by atoms with Crippen LogP contribution in [0.15, 0.2) is 29.6 Å². The van der Waals surface area contributed by atoms with Crippen LogP contribution in [0.4, 0.5) is 0 Å². The van der Waals surface area contributed by atoms with Crippen molar-refractivity contribution in [2.24, 2.45) is 5.10 Å². The number of carbonyl (C=O) groups is 1. The molecular weight excluding hydrogens is 240 g/mol. The summed E-state index contributed by atoms with van der Waals surface area (Å²) >= 11 is 0. The molecule has 1 N–H and O–H groups in total. The van der Waals surface area contributed by atoms with E-state index in [2.05, 4.69) is 27.3 Å². The van der Waals surface area contributed by atoms with Crippen LogP contribution in [0.3, 0.4) is 0 Å². The first-order chi connectivity index (χ1) is 9.29. The number of carbonyl (C=O) groups excluding carboxylic acids is 1. The van der Waals surface area contributed by atoms with Crippen LogP contribution in [0.2, 0.25) is 0 Å². The van der Waals surface area contributed by atoms with Crippen molar-refractivity contribution >= 4 is 11.6 Å². The minimum Gasteiger partial charge on any atom is -0.303 e. The number of hydrazone groups is 1. The highest BCUT2D eigenvalue weighted by atomic mass is 16.2. The number of piperidine rings is 1. The normalized spacial score (nSPS) is 16.2. The summed E-state index contributed by atoms with van der Waals surface area (Å²) in [6.45, 7) is 5.42. The largest absolute Gasteiger partial charge is 0.303 e. The van der Waals surface area contributed by atoms with Crippen molar-refractivity contribution < 1.29 is 4.79 Å². The lowest BCUT2D eigenvalue weighted by Gasteiger charge is -2.26. The number of nitrogens with zero attached hydrogens (tertiary/aromatic N) is 3. The highest BCUT2D eigenvalue weighted by Gasteiger charge is 2.14. The summed E-state index contributed by atoms with van der Waals surface area (Å²) in [5, 5.41) is 4.22. The van der Waals surface area contributed by atoms with Crippen LogP contribution in [-0.2, 0) is 0 Å². The molecule has 5 nitrogen and oxygen atoms in total. The van der Waals surface area contributed by atoms with E-state index >= 15 is 0 Å². The van der Waals surface area contributed by atoms with Crippen LogP contribution in [0.5, 0.6) is 0 Å². The zero-order valence-corrected chi connectivity index (χ0v) is 11.3. The molecule has 1 saturated heterocycles. The zero-order valence-electron chi connectivity index (χ0n) is 11.3. The number of pyridine rings is 1. The Labute approximate surface area is 113 Å². The van der Waals surface area contributed by atoms with Gasteiger partial charge in [0.1, 0.15) is 0 Å². The third-order valence-electron chi connectivity index (χ3n) is 3.23. The Hall–Kier alpha value is -1.75. The molecule has 2 heterocycles. The topological polar surface area (TPSA) is 57.6 Å². The lowest BCUT2D eigenvalue weighted by atomic mass is 10.1. The molecule has 0 radical (unpaired) electrons. The first-order valence-electron chi connectivity index (χ1n) is 6.77. The van der Waals surface area contributed by atoms with Gasteiger partial charge in [-0.15, -0.1) is 0 Å². The quantitative estimate of drug-likeness (QED) is 0.838. The van der Waals surface area contributed by atoms with Gasteiger partial charge in [0.15, 0.2) is 0 Å². The number of aromatic nitrogens is 1. The van der Waals surface area contributed by atoms with Crippen LogP contribution >= 0.6 is 0 Å². The molecule has 102 valence electrons. The van der Waals surface area contributed by atoms with E-state index in [0.29, 0.717) is 5.56 Å². The summed E-state index contributed by atoms with van der Waals surface area (Å²) in [5.74, 6) is -0.175. The van der Waals surface area contributed by atoms with Crippen molar-refractivity contribution in [3.8, 4) is 0 Å². The fourth-order valence-corrected chi connectivity index (χ4v) is 2.16. The fourth-order valence-electron chi connectivity index (χ4n) is 2.16. The molecule has 2 rings (SSSR count). The first-order valence-corrected chi connectivity index (χ1v) is 6.77. The standard InChI is InChI=1S/C14H20N4O/c1-2-9-18-10-5-13(6-11-18)16-17-14(19)12-3-7-15-8-4-12/h3-4,7-8H,2,5-6,9-11H2,1H3,(H,17,19). The molecule has 0 aliphatic carbocycles. The van der Waals surface area contributed by atoms with E-state index < -0.39 is 0 Å². The summed E-state index contributed by atoms with van der Waals surface area (Å²) in [7, 11) is 0. The van der Waals surface area contributed by atoms with Gasteiger partial charge in [-0.1, -0.05) is 6.92 Å². The van der Waals surface area contributed by atoms with Crippen molar-refractivity contribution in [2.45, 2.75) is 26.2 Å². The van der Waals surface area contributed by atoms with E-state index in [0.717, 1.165) is 38.2 Å². The monoisotopic (exact) mass is 260 g/mol. The molecule has 5 heteroatoms. The molecule has 1 aromatic heterocycles. The second-order valence-corrected chi connectivity index (χ2v) is 4.70. The van der Waals surface area contributed by atoms with Gasteiger partial charge in [-0.3, -0.25) is 9.78 Å². The maximum Gasteiger partial charge on any atom is 0.271 e. The number of rotatable bonds is 4. The van der Waals surface area contributed by atoms with Crippen molar-refractivity contribution in [1.29, 1.82) is 0 Å². The molecule has 0 aromatic carbocycles. The molecule has 0 atom stereocenters. The predicted octanol–water partition coefficient (Wildman–Crippen LogP) is 1.67. The van der Waals surface area contributed by atoms with Crippen LogP contribution < -0.4 is 5.43 Å². The summed E-state index contributed by atoms with van der Waals surface area (Å²) < 4.78 is 0. The maximum atomic E-state index is 11.8. The number of likely N-dealkylation sites (tertiary alicyclic amines) is 1. The summed E-state index contributed by atoms with van der Waals surface area (Å²) in [5.41, 5.74) is 4.28. The maximum absolute atomic E-state index is 11.8. The van der Waals surface area contributed by atoms with Gasteiger partial charge >= 0.3 is 0 Å². The molecular formula is C14H20N4O. The van der Waals surface area contributed by atoms with Gasteiger partial charge in [0.25, 0.3) is 5.91 Å². The van der Waals surface area contributed by atoms with Gasteiger partial charge in [-0.25, -0.2) is 5.43 Å². The van der Waals surface area contributed by atoms with Gasteiger partial charge in [0, 0.05) is 49.6 Å². The average Bonchev–Trinajstić information content (AvgIpc) is 2.47. The molecule has 1 aliphatic rings. The molecule has 19 heavy (non-hydrogen) atoms. The second kappa shape index (κ2) is 6.99. The summed E-state index contributed by atoms with van der Waals surface area (Å²) in [4.78, 5) is 18.1. The van der Waals surface area contributed by atoms with Crippen LogP contribution in [0.25, 0.3) is 0 Å². The Morgan fingerprint density at radius 1 is 1.37 bits per heavy atom. The van der Waals surface area contributed by atoms with E-state index in [1.807, 2.05) is 0 Å². The molecule has 1 amide bonds. The Balaban J connectivity index is 1.82. The average molecular weight is 260 g/mol. The SMILES string of the molecule is CCCN1CCC(=NNC(=O)c2ccncc2)CC1. The number of hydrogen-bond donors (Lipinski definition) is 1. The highest BCUT2D eigenvalue weighted by Crippen LogP contribution is 2.07. The van der Waals surface area contributed by atoms with E-state index in [1.54, 1.807) is 24.5 Å². The molecule has 1 fully saturated rings. The van der Waals surface area contributed by atoms with Crippen molar-refractivity contribution in [1.82, 2.24) is 15.3 Å². The third kappa shape index (κ3) is 4.13. The van der Waals surface area contributed by atoms with Crippen molar-refractivity contribution in [3.63, 3.8) is 0 Å². The molecule has 1 aliphatic heterocycles. The second-order valence-electron chi connectivity index (χ2n) is 4.70. The fraction of sp³-hybridized carbons (Fsp3) is 0.500. The lowest BCUT2D eigenvalue weighted by Crippen LogP contribution is -2.35. The minimum atomic E-state index is -0.175. The molecule has 0 unspecified atom stereocenters. The van der Waals surface area contributed by atoms with Crippen molar-refractivity contribution in [3.05, 3.63) is 30.1 Å². The van der Waals surface area contributed by atoms with E-state index in [4.69, 9.17) is 0 Å². The third-order valence-corrected chi connectivity index (χ3v) is 3.23. The van der Waals surface area contributed by atoms with Gasteiger partial charge in [0.05, 0.1) is 0 Å². The number of amides is 1. The lowest BCUT2D eigenvalue weighted by molar-refractivity contribution is 0.0954. The van der Waals surface area contributed by atoms with Gasteiger partial charge in [-0.2, -0.15) is 5.10 Å². The Kier molecular flexibility index (Phi) is 5.03. The number of hydrogen-bond acceptors (Lipinski definition) is 4.